The lowest BCUT2D eigenvalue weighted by molar-refractivity contribution is -0.138. The van der Waals surface area contributed by atoms with Crippen LogP contribution in [0.3, 0.4) is 0 Å². The Morgan fingerprint density at radius 2 is 1.54 bits per heavy atom. The molecule has 7 heteroatoms. The summed E-state index contributed by atoms with van der Waals surface area (Å²) in [6.07, 6.45) is 0.476. The van der Waals surface area contributed by atoms with Gasteiger partial charge in [0.25, 0.3) is 0 Å². The summed E-state index contributed by atoms with van der Waals surface area (Å²) in [5, 5.41) is 2.70. The summed E-state index contributed by atoms with van der Waals surface area (Å²) < 4.78 is 0. The smallest absolute Gasteiger partial charge is 0.224 e. The second kappa shape index (κ2) is 10.0. The Morgan fingerprint density at radius 3 is 2.14 bits per heavy atom. The molecule has 1 fully saturated rings. The molecule has 28 heavy (non-hydrogen) atoms. The summed E-state index contributed by atoms with van der Waals surface area (Å²) in [7, 11) is 0. The molecule has 1 aromatic rings. The number of amides is 3. The highest BCUT2D eigenvalue weighted by Gasteiger charge is 2.22. The average molecular weight is 387 g/mol. The number of benzene rings is 1. The van der Waals surface area contributed by atoms with Crippen molar-refractivity contribution in [2.45, 2.75) is 40.0 Å². The topological polar surface area (TPSA) is 86.8 Å². The first-order valence-electron chi connectivity index (χ1n) is 9.68. The van der Waals surface area contributed by atoms with Crippen LogP contribution in [-0.2, 0) is 14.4 Å². The number of aryl methyl sites for hydroxylation is 2. The minimum absolute atomic E-state index is 0.0229. The summed E-state index contributed by atoms with van der Waals surface area (Å²) >= 11 is 0. The molecule has 0 aromatic heterocycles. The van der Waals surface area contributed by atoms with Gasteiger partial charge in [-0.25, -0.2) is 0 Å². The van der Waals surface area contributed by atoms with Crippen LogP contribution in [0.4, 0.5) is 0 Å². The molecular formula is C21H29N3O4. The lowest BCUT2D eigenvalue weighted by atomic mass is 10.0. The van der Waals surface area contributed by atoms with Gasteiger partial charge < -0.3 is 15.1 Å². The van der Waals surface area contributed by atoms with Crippen molar-refractivity contribution in [2.24, 2.45) is 0 Å². The fourth-order valence-electron chi connectivity index (χ4n) is 3.11. The van der Waals surface area contributed by atoms with Crippen LogP contribution in [-0.4, -0.2) is 66.0 Å². The number of nitrogens with one attached hydrogen (secondary N) is 1. The largest absolute Gasteiger partial charge is 0.356 e. The van der Waals surface area contributed by atoms with Crippen LogP contribution in [0.15, 0.2) is 18.2 Å². The first kappa shape index (κ1) is 21.6. The molecule has 7 nitrogen and oxygen atoms in total. The van der Waals surface area contributed by atoms with Gasteiger partial charge in [-0.2, -0.15) is 0 Å². The zero-order chi connectivity index (χ0) is 20.7. The highest BCUT2D eigenvalue weighted by molar-refractivity contribution is 5.98. The number of nitrogens with zero attached hydrogens (tertiary/aromatic N) is 2. The van der Waals surface area contributed by atoms with Crippen LogP contribution in [0.2, 0.25) is 0 Å². The van der Waals surface area contributed by atoms with Crippen molar-refractivity contribution in [1.82, 2.24) is 15.1 Å². The lowest BCUT2D eigenvalue weighted by Crippen LogP contribution is -2.50. The van der Waals surface area contributed by atoms with Crippen molar-refractivity contribution in [3.8, 4) is 0 Å². The maximum atomic E-state index is 12.2. The van der Waals surface area contributed by atoms with Gasteiger partial charge in [0.05, 0.1) is 0 Å². The normalized spacial score (nSPS) is 14.0. The Balaban J connectivity index is 1.66. The molecule has 0 bridgehead atoms. The molecule has 2 rings (SSSR count). The number of piperazine rings is 1. The van der Waals surface area contributed by atoms with E-state index in [0.717, 1.165) is 11.1 Å². The van der Waals surface area contributed by atoms with E-state index >= 15 is 0 Å². The third-order valence-corrected chi connectivity index (χ3v) is 5.15. The molecule has 1 heterocycles. The SMILES string of the molecule is CC(=O)N1CCN(C(=O)CCNC(=O)CCC(=O)c2ccc(C)c(C)c2)CC1. The van der Waals surface area contributed by atoms with Gasteiger partial charge in [-0.15, -0.1) is 0 Å². The highest BCUT2D eigenvalue weighted by Crippen LogP contribution is 2.12. The van der Waals surface area contributed by atoms with Crippen molar-refractivity contribution < 1.29 is 19.2 Å². The van der Waals surface area contributed by atoms with E-state index in [-0.39, 0.29) is 49.3 Å². The van der Waals surface area contributed by atoms with Crippen LogP contribution in [0.1, 0.15) is 47.7 Å². The molecule has 1 aliphatic rings. The molecule has 0 radical (unpaired) electrons. The Morgan fingerprint density at radius 1 is 0.893 bits per heavy atom. The van der Waals surface area contributed by atoms with Gasteiger partial charge >= 0.3 is 0 Å². The molecule has 1 aliphatic heterocycles. The zero-order valence-electron chi connectivity index (χ0n) is 16.9. The molecule has 1 aromatic carbocycles. The molecule has 0 spiro atoms. The van der Waals surface area contributed by atoms with Gasteiger partial charge in [0.2, 0.25) is 17.7 Å². The monoisotopic (exact) mass is 387 g/mol. The van der Waals surface area contributed by atoms with Gasteiger partial charge in [0, 0.05) is 64.5 Å². The maximum Gasteiger partial charge on any atom is 0.224 e. The molecular weight excluding hydrogens is 358 g/mol. The fraction of sp³-hybridized carbons (Fsp3) is 0.524. The minimum atomic E-state index is -0.230. The Labute approximate surface area is 166 Å². The van der Waals surface area contributed by atoms with Crippen molar-refractivity contribution in [3.05, 3.63) is 34.9 Å². The summed E-state index contributed by atoms with van der Waals surface area (Å²) in [4.78, 5) is 51.1. The number of rotatable bonds is 7. The predicted molar refractivity (Wildman–Crippen MR) is 106 cm³/mol. The fourth-order valence-corrected chi connectivity index (χ4v) is 3.11. The number of carbonyl (C=O) groups excluding carboxylic acids is 4. The summed E-state index contributed by atoms with van der Waals surface area (Å²) in [5.74, 6) is -0.298. The zero-order valence-corrected chi connectivity index (χ0v) is 16.9. The van der Waals surface area contributed by atoms with E-state index in [4.69, 9.17) is 0 Å². The van der Waals surface area contributed by atoms with Crippen molar-refractivity contribution >= 4 is 23.5 Å². The third kappa shape index (κ3) is 6.18. The quantitative estimate of drug-likeness (QED) is 0.718. The summed E-state index contributed by atoms with van der Waals surface area (Å²) in [6.45, 7) is 7.87. The van der Waals surface area contributed by atoms with Crippen LogP contribution in [0.5, 0.6) is 0 Å². The van der Waals surface area contributed by atoms with Crippen LogP contribution in [0, 0.1) is 13.8 Å². The van der Waals surface area contributed by atoms with E-state index in [0.29, 0.717) is 31.7 Å². The Hall–Kier alpha value is -2.70. The van der Waals surface area contributed by atoms with Gasteiger partial charge in [0.1, 0.15) is 0 Å². The highest BCUT2D eigenvalue weighted by atomic mass is 16.2. The first-order valence-corrected chi connectivity index (χ1v) is 9.68. The van der Waals surface area contributed by atoms with Gasteiger partial charge in [-0.3, -0.25) is 19.2 Å². The number of Topliss-reactive ketones (excluding diaryl/α,β-unsaturated/α-hetero) is 1. The minimum Gasteiger partial charge on any atom is -0.356 e. The second-order valence-electron chi connectivity index (χ2n) is 7.21. The van der Waals surface area contributed by atoms with Gasteiger partial charge in [0.15, 0.2) is 5.78 Å². The summed E-state index contributed by atoms with van der Waals surface area (Å²) in [5.41, 5.74) is 2.80. The van der Waals surface area contributed by atoms with Crippen molar-refractivity contribution in [1.29, 1.82) is 0 Å². The van der Waals surface area contributed by atoms with Gasteiger partial charge in [-0.1, -0.05) is 12.1 Å². The molecule has 0 unspecified atom stereocenters. The number of hydrogen-bond donors (Lipinski definition) is 1. The van der Waals surface area contributed by atoms with Crippen molar-refractivity contribution in [3.63, 3.8) is 0 Å². The molecule has 1 saturated heterocycles. The second-order valence-corrected chi connectivity index (χ2v) is 7.21. The summed E-state index contributed by atoms with van der Waals surface area (Å²) in [6, 6.07) is 5.54. The molecule has 152 valence electrons. The standard InChI is InChI=1S/C21H29N3O4/c1-15-4-5-18(14-16(15)2)19(26)6-7-20(27)22-9-8-21(28)24-12-10-23(11-13-24)17(3)25/h4-5,14H,6-13H2,1-3H3,(H,22,27). The average Bonchev–Trinajstić information content (AvgIpc) is 2.68. The van der Waals surface area contributed by atoms with Crippen LogP contribution in [0.25, 0.3) is 0 Å². The van der Waals surface area contributed by atoms with E-state index < -0.39 is 0 Å². The van der Waals surface area contributed by atoms with E-state index in [9.17, 15) is 19.2 Å². The first-order chi connectivity index (χ1) is 13.3. The third-order valence-electron chi connectivity index (χ3n) is 5.15. The number of hydrogen-bond acceptors (Lipinski definition) is 4. The maximum absolute atomic E-state index is 12.2. The predicted octanol–water partition coefficient (Wildman–Crippen LogP) is 1.46. The van der Waals surface area contributed by atoms with E-state index in [2.05, 4.69) is 5.32 Å². The molecule has 0 saturated carbocycles. The molecule has 0 aliphatic carbocycles. The lowest BCUT2D eigenvalue weighted by Gasteiger charge is -2.34. The number of ketones is 1. The molecule has 0 atom stereocenters. The van der Waals surface area contributed by atoms with E-state index in [1.807, 2.05) is 26.0 Å². The van der Waals surface area contributed by atoms with Gasteiger partial charge in [-0.05, 0) is 31.0 Å². The molecule has 3 amide bonds. The Bertz CT molecular complexity index is 752. The van der Waals surface area contributed by atoms with E-state index in [1.165, 1.54) is 6.92 Å². The Kier molecular flexibility index (Phi) is 7.72. The van der Waals surface area contributed by atoms with Crippen LogP contribution < -0.4 is 5.32 Å². The van der Waals surface area contributed by atoms with Crippen molar-refractivity contribution in [2.75, 3.05) is 32.7 Å². The van der Waals surface area contributed by atoms with E-state index in [1.54, 1.807) is 15.9 Å². The van der Waals surface area contributed by atoms with Crippen LogP contribution >= 0.6 is 0 Å². The molecule has 1 N–H and O–H groups in total. The number of carbonyl (C=O) groups is 4.